The molecular formula is C19H19ClN2O3S. The van der Waals surface area contributed by atoms with E-state index in [1.807, 2.05) is 39.0 Å². The van der Waals surface area contributed by atoms with E-state index >= 15 is 0 Å². The molecule has 1 amide bonds. The molecule has 0 aliphatic heterocycles. The van der Waals surface area contributed by atoms with Gasteiger partial charge in [0.15, 0.2) is 0 Å². The minimum atomic E-state index is -0.162. The summed E-state index contributed by atoms with van der Waals surface area (Å²) in [5.41, 5.74) is 2.26. The van der Waals surface area contributed by atoms with Crippen molar-refractivity contribution in [1.29, 1.82) is 0 Å². The first-order chi connectivity index (χ1) is 12.4. The number of carbonyl (C=O) groups is 1. The van der Waals surface area contributed by atoms with Crippen LogP contribution in [-0.2, 0) is 6.61 Å². The molecule has 0 bridgehead atoms. The quantitative estimate of drug-likeness (QED) is 0.637. The fraction of sp³-hybridized carbons (Fsp3) is 0.263. The predicted octanol–water partition coefficient (Wildman–Crippen LogP) is 5.08. The van der Waals surface area contributed by atoms with E-state index in [-0.39, 0.29) is 11.9 Å². The average molecular weight is 391 g/mol. The maximum Gasteiger partial charge on any atom is 0.251 e. The van der Waals surface area contributed by atoms with Crippen LogP contribution in [0.25, 0.3) is 0 Å². The number of thiophene rings is 1. The number of nitrogens with one attached hydrogen (secondary N) is 1. The van der Waals surface area contributed by atoms with Crippen molar-refractivity contribution in [2.45, 2.75) is 33.4 Å². The Hall–Kier alpha value is -2.31. The van der Waals surface area contributed by atoms with Crippen molar-refractivity contribution >= 4 is 28.8 Å². The van der Waals surface area contributed by atoms with E-state index in [2.05, 4.69) is 10.5 Å². The summed E-state index contributed by atoms with van der Waals surface area (Å²) < 4.78 is 11.6. The van der Waals surface area contributed by atoms with Crippen LogP contribution in [0.15, 0.2) is 40.9 Å². The van der Waals surface area contributed by atoms with E-state index in [0.29, 0.717) is 22.3 Å². The molecule has 0 saturated heterocycles. The summed E-state index contributed by atoms with van der Waals surface area (Å²) in [5, 5.41) is 6.88. The molecule has 2 heterocycles. The summed E-state index contributed by atoms with van der Waals surface area (Å²) >= 11 is 7.41. The third-order valence-corrected chi connectivity index (χ3v) is 5.44. The number of ether oxygens (including phenoxy) is 1. The summed E-state index contributed by atoms with van der Waals surface area (Å²) in [6.45, 7) is 5.99. The molecule has 26 heavy (non-hydrogen) atoms. The van der Waals surface area contributed by atoms with E-state index in [9.17, 15) is 4.79 Å². The van der Waals surface area contributed by atoms with Crippen molar-refractivity contribution in [2.75, 3.05) is 0 Å². The first kappa shape index (κ1) is 18.5. The second-order valence-electron chi connectivity index (χ2n) is 5.96. The van der Waals surface area contributed by atoms with Crippen LogP contribution in [0.2, 0.25) is 4.34 Å². The number of carbonyl (C=O) groups excluding carboxylic acids is 1. The predicted molar refractivity (Wildman–Crippen MR) is 102 cm³/mol. The Morgan fingerprint density at radius 2 is 2.15 bits per heavy atom. The molecular weight excluding hydrogens is 372 g/mol. The van der Waals surface area contributed by atoms with Gasteiger partial charge in [-0.15, -0.1) is 11.3 Å². The summed E-state index contributed by atoms with van der Waals surface area (Å²) in [4.78, 5) is 13.5. The fourth-order valence-corrected chi connectivity index (χ4v) is 3.57. The lowest BCUT2D eigenvalue weighted by atomic mass is 10.1. The molecule has 0 fully saturated rings. The van der Waals surface area contributed by atoms with E-state index in [1.165, 1.54) is 11.3 Å². The van der Waals surface area contributed by atoms with Crippen LogP contribution in [0.1, 0.15) is 45.2 Å². The Balaban J connectivity index is 1.65. The average Bonchev–Trinajstić information content (AvgIpc) is 3.19. The Labute approximate surface area is 160 Å². The summed E-state index contributed by atoms with van der Waals surface area (Å²) in [6, 6.07) is 10.7. The highest BCUT2D eigenvalue weighted by atomic mass is 35.5. The fourth-order valence-electron chi connectivity index (χ4n) is 2.50. The maximum atomic E-state index is 12.5. The molecule has 0 radical (unpaired) electrons. The van der Waals surface area contributed by atoms with Crippen molar-refractivity contribution < 1.29 is 14.1 Å². The molecule has 1 atom stereocenters. The maximum absolute atomic E-state index is 12.5. The van der Waals surface area contributed by atoms with Gasteiger partial charge in [0, 0.05) is 10.4 Å². The first-order valence-electron chi connectivity index (χ1n) is 8.14. The van der Waals surface area contributed by atoms with Crippen molar-refractivity contribution in [3.8, 4) is 5.75 Å². The van der Waals surface area contributed by atoms with Gasteiger partial charge in [-0.05, 0) is 51.1 Å². The molecule has 0 aliphatic carbocycles. The molecule has 1 unspecified atom stereocenters. The number of halogens is 1. The van der Waals surface area contributed by atoms with E-state index < -0.39 is 0 Å². The molecule has 2 aromatic heterocycles. The first-order valence-corrected chi connectivity index (χ1v) is 9.34. The number of nitrogens with zero attached hydrogens (tertiary/aromatic N) is 1. The molecule has 3 rings (SSSR count). The molecule has 1 aromatic carbocycles. The second-order valence-corrected chi connectivity index (χ2v) is 7.70. The Bertz CT molecular complexity index is 900. The number of rotatable bonds is 6. The highest BCUT2D eigenvalue weighted by Crippen LogP contribution is 2.27. The van der Waals surface area contributed by atoms with Crippen LogP contribution in [0.4, 0.5) is 0 Å². The van der Waals surface area contributed by atoms with Gasteiger partial charge in [0.2, 0.25) is 0 Å². The number of aromatic nitrogens is 1. The number of aryl methyl sites for hydroxylation is 2. The molecule has 0 aliphatic rings. The second kappa shape index (κ2) is 7.93. The van der Waals surface area contributed by atoms with Crippen LogP contribution < -0.4 is 10.1 Å². The van der Waals surface area contributed by atoms with E-state index in [1.54, 1.807) is 18.2 Å². The molecule has 5 nitrogen and oxygen atoms in total. The zero-order chi connectivity index (χ0) is 18.7. The number of hydrogen-bond acceptors (Lipinski definition) is 5. The Morgan fingerprint density at radius 3 is 2.81 bits per heavy atom. The molecule has 1 N–H and O–H groups in total. The Kier molecular flexibility index (Phi) is 5.64. The van der Waals surface area contributed by atoms with Gasteiger partial charge < -0.3 is 14.6 Å². The van der Waals surface area contributed by atoms with Crippen LogP contribution in [0.5, 0.6) is 5.75 Å². The monoisotopic (exact) mass is 390 g/mol. The molecule has 0 saturated carbocycles. The van der Waals surface area contributed by atoms with Crippen LogP contribution >= 0.6 is 22.9 Å². The zero-order valence-electron chi connectivity index (χ0n) is 14.7. The van der Waals surface area contributed by atoms with E-state index in [0.717, 1.165) is 21.9 Å². The third kappa shape index (κ3) is 4.26. The SMILES string of the molecule is Cc1noc(C)c1COc1cccc(C(=O)NC(C)c2ccc(Cl)s2)c1. The molecule has 3 aromatic rings. The summed E-state index contributed by atoms with van der Waals surface area (Å²) in [5.74, 6) is 1.19. The van der Waals surface area contributed by atoms with Crippen LogP contribution in [0, 0.1) is 13.8 Å². The van der Waals surface area contributed by atoms with Gasteiger partial charge in [-0.2, -0.15) is 0 Å². The van der Waals surface area contributed by atoms with Crippen molar-refractivity contribution in [3.05, 3.63) is 68.2 Å². The van der Waals surface area contributed by atoms with Gasteiger partial charge in [0.05, 0.1) is 21.6 Å². The van der Waals surface area contributed by atoms with Crippen LogP contribution in [0.3, 0.4) is 0 Å². The summed E-state index contributed by atoms with van der Waals surface area (Å²) in [7, 11) is 0. The zero-order valence-corrected chi connectivity index (χ0v) is 16.3. The van der Waals surface area contributed by atoms with Gasteiger partial charge in [-0.25, -0.2) is 0 Å². The van der Waals surface area contributed by atoms with Crippen LogP contribution in [-0.4, -0.2) is 11.1 Å². The highest BCUT2D eigenvalue weighted by molar-refractivity contribution is 7.16. The lowest BCUT2D eigenvalue weighted by Crippen LogP contribution is -2.26. The highest BCUT2D eigenvalue weighted by Gasteiger charge is 2.14. The normalized spacial score (nSPS) is 12.0. The Morgan fingerprint density at radius 1 is 1.35 bits per heavy atom. The van der Waals surface area contributed by atoms with Gasteiger partial charge in [-0.1, -0.05) is 22.8 Å². The molecule has 136 valence electrons. The standard InChI is InChI=1S/C19H19ClN2O3S/c1-11-16(13(3)25-22-11)10-24-15-6-4-5-14(9-15)19(23)21-12(2)17-7-8-18(20)26-17/h4-9,12H,10H2,1-3H3,(H,21,23). The minimum absolute atomic E-state index is 0.119. The van der Waals surface area contributed by atoms with Crippen molar-refractivity contribution in [3.63, 3.8) is 0 Å². The topological polar surface area (TPSA) is 64.4 Å². The molecule has 7 heteroatoms. The molecule has 0 spiro atoms. The number of amides is 1. The lowest BCUT2D eigenvalue weighted by molar-refractivity contribution is 0.0940. The van der Waals surface area contributed by atoms with Gasteiger partial charge in [0.1, 0.15) is 18.1 Å². The van der Waals surface area contributed by atoms with Gasteiger partial charge in [0.25, 0.3) is 5.91 Å². The van der Waals surface area contributed by atoms with Gasteiger partial charge in [-0.3, -0.25) is 4.79 Å². The minimum Gasteiger partial charge on any atom is -0.489 e. The summed E-state index contributed by atoms with van der Waals surface area (Å²) in [6.07, 6.45) is 0. The van der Waals surface area contributed by atoms with Crippen molar-refractivity contribution in [1.82, 2.24) is 10.5 Å². The number of hydrogen-bond donors (Lipinski definition) is 1. The number of benzene rings is 1. The van der Waals surface area contributed by atoms with Crippen molar-refractivity contribution in [2.24, 2.45) is 0 Å². The smallest absolute Gasteiger partial charge is 0.251 e. The largest absolute Gasteiger partial charge is 0.489 e. The van der Waals surface area contributed by atoms with Gasteiger partial charge >= 0.3 is 0 Å². The third-order valence-electron chi connectivity index (χ3n) is 4.03. The lowest BCUT2D eigenvalue weighted by Gasteiger charge is -2.13. The van der Waals surface area contributed by atoms with E-state index in [4.69, 9.17) is 20.9 Å².